The highest BCUT2D eigenvalue weighted by Crippen LogP contribution is 2.31. The monoisotopic (exact) mass is 421 g/mol. The summed E-state index contributed by atoms with van der Waals surface area (Å²) in [4.78, 5) is 14.4. The Balaban J connectivity index is 1.56. The number of benzene rings is 1. The van der Waals surface area contributed by atoms with Crippen LogP contribution in [0.1, 0.15) is 29.3 Å². The van der Waals surface area contributed by atoms with Gasteiger partial charge in [-0.05, 0) is 53.0 Å². The van der Waals surface area contributed by atoms with Crippen LogP contribution in [0, 0.1) is 0 Å². The molecule has 8 heteroatoms. The van der Waals surface area contributed by atoms with E-state index >= 15 is 0 Å². The molecular formula is C17H13BrClN3O3. The summed E-state index contributed by atoms with van der Waals surface area (Å²) in [6.07, 6.45) is 1.91. The lowest BCUT2D eigenvalue weighted by molar-refractivity contribution is 0.0680. The molecule has 4 rings (SSSR count). The first-order chi connectivity index (χ1) is 12.1. The third kappa shape index (κ3) is 3.48. The maximum atomic E-state index is 12.7. The molecule has 2 heterocycles. The molecule has 1 aliphatic rings. The highest BCUT2D eigenvalue weighted by atomic mass is 79.9. The van der Waals surface area contributed by atoms with Crippen molar-refractivity contribution in [1.29, 1.82) is 0 Å². The lowest BCUT2D eigenvalue weighted by atomic mass is 10.2. The summed E-state index contributed by atoms with van der Waals surface area (Å²) in [5.74, 6) is 0.792. The number of carbonyl (C=O) groups excluding carboxylic acids is 1. The first-order valence-corrected chi connectivity index (χ1v) is 8.92. The Morgan fingerprint density at radius 2 is 2.00 bits per heavy atom. The summed E-state index contributed by atoms with van der Waals surface area (Å²) in [7, 11) is 0. The van der Waals surface area contributed by atoms with Gasteiger partial charge in [-0.2, -0.15) is 0 Å². The predicted molar refractivity (Wildman–Crippen MR) is 94.0 cm³/mol. The second kappa shape index (κ2) is 6.65. The van der Waals surface area contributed by atoms with Crippen molar-refractivity contribution in [3.8, 4) is 11.5 Å². The van der Waals surface area contributed by atoms with Crippen LogP contribution in [-0.4, -0.2) is 27.0 Å². The zero-order valence-electron chi connectivity index (χ0n) is 13.0. The van der Waals surface area contributed by atoms with Gasteiger partial charge in [-0.25, -0.2) is 0 Å². The zero-order chi connectivity index (χ0) is 17.4. The van der Waals surface area contributed by atoms with Crippen molar-refractivity contribution < 1.29 is 13.6 Å². The Kier molecular flexibility index (Phi) is 4.35. The molecule has 0 N–H and O–H groups in total. The van der Waals surface area contributed by atoms with E-state index in [-0.39, 0.29) is 24.3 Å². The lowest BCUT2D eigenvalue weighted by Gasteiger charge is -2.18. The number of rotatable bonds is 5. The van der Waals surface area contributed by atoms with Crippen molar-refractivity contribution in [2.45, 2.75) is 25.4 Å². The summed E-state index contributed by atoms with van der Waals surface area (Å²) in [5, 5.41) is 8.64. The fourth-order valence-electron chi connectivity index (χ4n) is 2.53. The van der Waals surface area contributed by atoms with Crippen molar-refractivity contribution in [3.05, 3.63) is 57.7 Å². The molecule has 0 unspecified atom stereocenters. The fourth-order valence-corrected chi connectivity index (χ4v) is 3.05. The van der Waals surface area contributed by atoms with Gasteiger partial charge < -0.3 is 13.7 Å². The molecule has 25 heavy (non-hydrogen) atoms. The van der Waals surface area contributed by atoms with E-state index in [0.29, 0.717) is 27.0 Å². The van der Waals surface area contributed by atoms with Gasteiger partial charge in [-0.3, -0.25) is 4.79 Å². The summed E-state index contributed by atoms with van der Waals surface area (Å²) in [6, 6.07) is 10.8. The summed E-state index contributed by atoms with van der Waals surface area (Å²) in [5.41, 5.74) is 0.669. The molecule has 1 fully saturated rings. The molecule has 6 nitrogen and oxygen atoms in total. The largest absolute Gasteiger partial charge is 0.444 e. The van der Waals surface area contributed by atoms with Gasteiger partial charge in [0.2, 0.25) is 11.8 Å². The van der Waals surface area contributed by atoms with Crippen molar-refractivity contribution >= 4 is 33.4 Å². The topological polar surface area (TPSA) is 72.4 Å². The van der Waals surface area contributed by atoms with Gasteiger partial charge in [-0.1, -0.05) is 23.7 Å². The van der Waals surface area contributed by atoms with Crippen LogP contribution in [0.25, 0.3) is 11.5 Å². The molecule has 1 aromatic carbocycles. The van der Waals surface area contributed by atoms with E-state index in [9.17, 15) is 4.79 Å². The standard InChI is InChI=1S/C17H13BrClN3O3/c18-14-8-7-13(24-14)17(23)22(10-5-6-10)9-15-20-21-16(25-15)11-3-1-2-4-12(11)19/h1-4,7-8,10H,5-6,9H2. The van der Waals surface area contributed by atoms with Gasteiger partial charge in [0.05, 0.1) is 17.1 Å². The zero-order valence-corrected chi connectivity index (χ0v) is 15.3. The molecule has 2 aromatic heterocycles. The van der Waals surface area contributed by atoms with Crippen molar-refractivity contribution in [2.75, 3.05) is 0 Å². The number of halogens is 2. The van der Waals surface area contributed by atoms with Crippen LogP contribution >= 0.6 is 27.5 Å². The van der Waals surface area contributed by atoms with Crippen LogP contribution in [0.3, 0.4) is 0 Å². The number of hydrogen-bond donors (Lipinski definition) is 0. The maximum Gasteiger partial charge on any atom is 0.290 e. The Morgan fingerprint density at radius 1 is 1.20 bits per heavy atom. The number of amides is 1. The van der Waals surface area contributed by atoms with Gasteiger partial charge in [-0.15, -0.1) is 10.2 Å². The van der Waals surface area contributed by atoms with E-state index in [1.807, 2.05) is 18.2 Å². The van der Waals surface area contributed by atoms with Gasteiger partial charge in [0.1, 0.15) is 0 Å². The molecule has 0 radical (unpaired) electrons. The van der Waals surface area contributed by atoms with E-state index in [0.717, 1.165) is 12.8 Å². The van der Waals surface area contributed by atoms with Gasteiger partial charge in [0.15, 0.2) is 10.4 Å². The Bertz CT molecular complexity index is 919. The molecule has 3 aromatic rings. The van der Waals surface area contributed by atoms with Crippen LogP contribution in [0.15, 0.2) is 49.9 Å². The maximum absolute atomic E-state index is 12.7. The molecule has 0 atom stereocenters. The second-order valence-electron chi connectivity index (χ2n) is 5.75. The van der Waals surface area contributed by atoms with Crippen LogP contribution in [0.4, 0.5) is 0 Å². The van der Waals surface area contributed by atoms with E-state index in [2.05, 4.69) is 26.1 Å². The molecule has 0 bridgehead atoms. The number of furan rings is 1. The first-order valence-electron chi connectivity index (χ1n) is 7.75. The quantitative estimate of drug-likeness (QED) is 0.603. The number of aromatic nitrogens is 2. The summed E-state index contributed by atoms with van der Waals surface area (Å²) >= 11 is 9.37. The molecule has 1 saturated carbocycles. The summed E-state index contributed by atoms with van der Waals surface area (Å²) in [6.45, 7) is 0.235. The van der Waals surface area contributed by atoms with E-state index < -0.39 is 0 Å². The van der Waals surface area contributed by atoms with E-state index in [1.165, 1.54) is 0 Å². The SMILES string of the molecule is O=C(c1ccc(Br)o1)N(Cc1nnc(-c2ccccc2Cl)o1)C1CC1. The predicted octanol–water partition coefficient (Wildman–Crippen LogP) is 4.55. The molecule has 1 amide bonds. The average molecular weight is 423 g/mol. The van der Waals surface area contributed by atoms with E-state index in [1.54, 1.807) is 23.1 Å². The summed E-state index contributed by atoms with van der Waals surface area (Å²) < 4.78 is 11.6. The van der Waals surface area contributed by atoms with Crippen molar-refractivity contribution in [3.63, 3.8) is 0 Å². The second-order valence-corrected chi connectivity index (χ2v) is 6.94. The highest BCUT2D eigenvalue weighted by Gasteiger charge is 2.35. The minimum atomic E-state index is -0.189. The van der Waals surface area contributed by atoms with Gasteiger partial charge in [0.25, 0.3) is 5.91 Å². The Morgan fingerprint density at radius 3 is 2.68 bits per heavy atom. The third-order valence-corrected chi connectivity index (χ3v) is 4.67. The van der Waals surface area contributed by atoms with Crippen LogP contribution in [-0.2, 0) is 6.54 Å². The third-order valence-electron chi connectivity index (χ3n) is 3.91. The number of hydrogen-bond acceptors (Lipinski definition) is 5. The van der Waals surface area contributed by atoms with Gasteiger partial charge in [0, 0.05) is 6.04 Å². The molecular weight excluding hydrogens is 410 g/mol. The van der Waals surface area contributed by atoms with Crippen LogP contribution in [0.2, 0.25) is 5.02 Å². The average Bonchev–Trinajstić information content (AvgIpc) is 3.18. The molecule has 0 saturated heterocycles. The minimum Gasteiger partial charge on any atom is -0.444 e. The Hall–Kier alpha value is -2.12. The first kappa shape index (κ1) is 16.4. The molecule has 128 valence electrons. The minimum absolute atomic E-state index is 0.173. The van der Waals surface area contributed by atoms with Gasteiger partial charge >= 0.3 is 0 Å². The van der Waals surface area contributed by atoms with Crippen molar-refractivity contribution in [1.82, 2.24) is 15.1 Å². The smallest absolute Gasteiger partial charge is 0.290 e. The van der Waals surface area contributed by atoms with Crippen molar-refractivity contribution in [2.24, 2.45) is 0 Å². The fraction of sp³-hybridized carbons (Fsp3) is 0.235. The van der Waals surface area contributed by atoms with Crippen LogP contribution in [0.5, 0.6) is 0 Å². The van der Waals surface area contributed by atoms with Crippen LogP contribution < -0.4 is 0 Å². The Labute approximate surface area is 156 Å². The highest BCUT2D eigenvalue weighted by molar-refractivity contribution is 9.10. The number of carbonyl (C=O) groups is 1. The molecule has 0 spiro atoms. The molecule has 1 aliphatic carbocycles. The van der Waals surface area contributed by atoms with E-state index in [4.69, 9.17) is 20.4 Å². The molecule has 0 aliphatic heterocycles. The number of nitrogens with zero attached hydrogens (tertiary/aromatic N) is 3. The lowest BCUT2D eigenvalue weighted by Crippen LogP contribution is -2.32. The normalized spacial score (nSPS) is 13.8.